The van der Waals surface area contributed by atoms with Gasteiger partial charge in [-0.1, -0.05) is 13.8 Å². The fourth-order valence-corrected chi connectivity index (χ4v) is 2.42. The molecule has 0 spiro atoms. The Balaban J connectivity index is 2.30. The van der Waals surface area contributed by atoms with E-state index in [4.69, 9.17) is 0 Å². The molecule has 2 amide bonds. The van der Waals surface area contributed by atoms with Crippen LogP contribution in [0.15, 0.2) is 0 Å². The topological polar surface area (TPSA) is 69.6 Å². The molecular weight excluding hydrogens is 256 g/mol. The molecule has 2 unspecified atom stereocenters. The summed E-state index contributed by atoms with van der Waals surface area (Å²) in [6.45, 7) is 7.31. The van der Waals surface area contributed by atoms with E-state index in [2.05, 4.69) is 19.2 Å². The Hall–Kier alpha value is -1.10. The Labute approximate surface area is 121 Å². The molecule has 0 aromatic heterocycles. The molecule has 2 N–H and O–H groups in total. The van der Waals surface area contributed by atoms with E-state index in [-0.39, 0.29) is 30.4 Å². The Kier molecular flexibility index (Phi) is 6.99. The number of hydrogen-bond donors (Lipinski definition) is 2. The van der Waals surface area contributed by atoms with Crippen molar-refractivity contribution in [3.8, 4) is 0 Å². The van der Waals surface area contributed by atoms with Gasteiger partial charge in [-0.15, -0.1) is 0 Å². The summed E-state index contributed by atoms with van der Waals surface area (Å²) in [6.07, 6.45) is 2.81. The van der Waals surface area contributed by atoms with Crippen molar-refractivity contribution in [3.05, 3.63) is 0 Å². The molecule has 1 saturated heterocycles. The van der Waals surface area contributed by atoms with Crippen LogP contribution in [0.3, 0.4) is 0 Å². The van der Waals surface area contributed by atoms with Crippen molar-refractivity contribution in [2.45, 2.75) is 52.6 Å². The van der Waals surface area contributed by atoms with Gasteiger partial charge in [0.2, 0.25) is 11.8 Å². The second-order valence-corrected chi connectivity index (χ2v) is 6.19. The first-order chi connectivity index (χ1) is 9.40. The summed E-state index contributed by atoms with van der Waals surface area (Å²) >= 11 is 0. The summed E-state index contributed by atoms with van der Waals surface area (Å²) in [5.74, 6) is 0.541. The highest BCUT2D eigenvalue weighted by atomic mass is 16.3. The largest absolute Gasteiger partial charge is 0.393 e. The highest BCUT2D eigenvalue weighted by molar-refractivity contribution is 5.84. The number of carbonyl (C=O) groups excluding carboxylic acids is 2. The smallest absolute Gasteiger partial charge is 0.241 e. The number of amides is 2. The first kappa shape index (κ1) is 17.0. The lowest BCUT2D eigenvalue weighted by atomic mass is 9.93. The molecule has 1 fully saturated rings. The number of aliphatic hydroxyl groups excluding tert-OH is 1. The van der Waals surface area contributed by atoms with Crippen molar-refractivity contribution in [2.75, 3.05) is 19.6 Å². The molecule has 0 aromatic rings. The lowest BCUT2D eigenvalue weighted by Gasteiger charge is -2.34. The van der Waals surface area contributed by atoms with E-state index < -0.39 is 0 Å². The Bertz CT molecular complexity index is 329. The summed E-state index contributed by atoms with van der Waals surface area (Å²) in [5, 5.41) is 12.3. The van der Waals surface area contributed by atoms with Gasteiger partial charge in [0.15, 0.2) is 0 Å². The van der Waals surface area contributed by atoms with Gasteiger partial charge in [-0.3, -0.25) is 9.59 Å². The number of hydrogen-bond acceptors (Lipinski definition) is 3. The number of aliphatic hydroxyl groups is 1. The molecule has 1 heterocycles. The van der Waals surface area contributed by atoms with Gasteiger partial charge in [0.1, 0.15) is 0 Å². The third-order valence-corrected chi connectivity index (χ3v) is 3.88. The minimum absolute atomic E-state index is 0.0479. The summed E-state index contributed by atoms with van der Waals surface area (Å²) in [4.78, 5) is 25.4. The SMILES string of the molecule is CC(C)CCC(=O)NCC(=O)N1CCCC(C(C)O)C1. The number of likely N-dealkylation sites (tertiary alicyclic amines) is 1. The number of carbonyl (C=O) groups is 2. The van der Waals surface area contributed by atoms with Crippen LogP contribution in [0.4, 0.5) is 0 Å². The molecule has 5 nitrogen and oxygen atoms in total. The van der Waals surface area contributed by atoms with Crippen LogP contribution in [-0.4, -0.2) is 47.6 Å². The molecular formula is C15H28N2O3. The zero-order chi connectivity index (χ0) is 15.1. The second kappa shape index (κ2) is 8.25. The van der Waals surface area contributed by atoms with E-state index in [1.807, 2.05) is 0 Å². The minimum atomic E-state index is -0.383. The van der Waals surface area contributed by atoms with Gasteiger partial charge in [-0.2, -0.15) is 0 Å². The average molecular weight is 284 g/mol. The summed E-state index contributed by atoms with van der Waals surface area (Å²) < 4.78 is 0. The van der Waals surface area contributed by atoms with Crippen LogP contribution >= 0.6 is 0 Å². The van der Waals surface area contributed by atoms with Gasteiger partial charge in [0.05, 0.1) is 12.6 Å². The average Bonchev–Trinajstić information content (AvgIpc) is 2.42. The maximum absolute atomic E-state index is 12.0. The van der Waals surface area contributed by atoms with Crippen molar-refractivity contribution in [3.63, 3.8) is 0 Å². The molecule has 1 aliphatic heterocycles. The van der Waals surface area contributed by atoms with Crippen molar-refractivity contribution < 1.29 is 14.7 Å². The third kappa shape index (κ3) is 5.90. The lowest BCUT2D eigenvalue weighted by molar-refractivity contribution is -0.135. The van der Waals surface area contributed by atoms with Crippen molar-refractivity contribution in [1.82, 2.24) is 10.2 Å². The summed E-state index contributed by atoms with van der Waals surface area (Å²) in [6, 6.07) is 0. The number of nitrogens with one attached hydrogen (secondary N) is 1. The molecule has 1 rings (SSSR count). The van der Waals surface area contributed by atoms with Crippen LogP contribution in [0, 0.1) is 11.8 Å². The highest BCUT2D eigenvalue weighted by Gasteiger charge is 2.26. The maximum Gasteiger partial charge on any atom is 0.241 e. The molecule has 0 aromatic carbocycles. The number of piperidine rings is 1. The fraction of sp³-hybridized carbons (Fsp3) is 0.867. The van der Waals surface area contributed by atoms with Crippen molar-refractivity contribution in [2.24, 2.45) is 11.8 Å². The van der Waals surface area contributed by atoms with Gasteiger partial charge in [-0.25, -0.2) is 0 Å². The molecule has 5 heteroatoms. The van der Waals surface area contributed by atoms with Crippen molar-refractivity contribution in [1.29, 1.82) is 0 Å². The summed E-state index contributed by atoms with van der Waals surface area (Å²) in [7, 11) is 0. The number of rotatable bonds is 6. The van der Waals surface area contributed by atoms with Gasteiger partial charge >= 0.3 is 0 Å². The van der Waals surface area contributed by atoms with Gasteiger partial charge in [-0.05, 0) is 32.1 Å². The summed E-state index contributed by atoms with van der Waals surface area (Å²) in [5.41, 5.74) is 0. The predicted octanol–water partition coefficient (Wildman–Crippen LogP) is 1.16. The van der Waals surface area contributed by atoms with Crippen LogP contribution in [0.2, 0.25) is 0 Å². The highest BCUT2D eigenvalue weighted by Crippen LogP contribution is 2.19. The van der Waals surface area contributed by atoms with E-state index >= 15 is 0 Å². The van der Waals surface area contributed by atoms with Crippen molar-refractivity contribution >= 4 is 11.8 Å². The Morgan fingerprint density at radius 3 is 2.65 bits per heavy atom. The van der Waals surface area contributed by atoms with Crippen LogP contribution in [-0.2, 0) is 9.59 Å². The van der Waals surface area contributed by atoms with E-state index in [9.17, 15) is 14.7 Å². The standard InChI is InChI=1S/C15H28N2O3/c1-11(2)6-7-14(19)16-9-15(20)17-8-4-5-13(10-17)12(3)18/h11-13,18H,4-10H2,1-3H3,(H,16,19). The molecule has 0 saturated carbocycles. The molecule has 0 radical (unpaired) electrons. The van der Waals surface area contributed by atoms with Crippen LogP contribution in [0.25, 0.3) is 0 Å². The Morgan fingerprint density at radius 2 is 2.05 bits per heavy atom. The van der Waals surface area contributed by atoms with Crippen LogP contribution < -0.4 is 5.32 Å². The molecule has 1 aliphatic rings. The molecule has 2 atom stereocenters. The molecule has 116 valence electrons. The van der Waals surface area contributed by atoms with Gasteiger partial charge in [0.25, 0.3) is 0 Å². The monoisotopic (exact) mass is 284 g/mol. The van der Waals surface area contributed by atoms with Crippen LogP contribution in [0.5, 0.6) is 0 Å². The first-order valence-electron chi connectivity index (χ1n) is 7.62. The molecule has 0 aliphatic carbocycles. The lowest BCUT2D eigenvalue weighted by Crippen LogP contribution is -2.46. The quantitative estimate of drug-likeness (QED) is 0.769. The number of nitrogens with zero attached hydrogens (tertiary/aromatic N) is 1. The molecule has 0 bridgehead atoms. The van der Waals surface area contributed by atoms with Crippen LogP contribution in [0.1, 0.15) is 46.5 Å². The zero-order valence-corrected chi connectivity index (χ0v) is 12.9. The zero-order valence-electron chi connectivity index (χ0n) is 12.9. The van der Waals surface area contributed by atoms with E-state index in [0.29, 0.717) is 18.9 Å². The molecule has 20 heavy (non-hydrogen) atoms. The fourth-order valence-electron chi connectivity index (χ4n) is 2.42. The van der Waals surface area contributed by atoms with E-state index in [0.717, 1.165) is 25.8 Å². The first-order valence-corrected chi connectivity index (χ1v) is 7.62. The third-order valence-electron chi connectivity index (χ3n) is 3.88. The predicted molar refractivity (Wildman–Crippen MR) is 78.1 cm³/mol. The Morgan fingerprint density at radius 1 is 1.35 bits per heavy atom. The van der Waals surface area contributed by atoms with Gasteiger partial charge < -0.3 is 15.3 Å². The van der Waals surface area contributed by atoms with E-state index in [1.54, 1.807) is 11.8 Å². The second-order valence-electron chi connectivity index (χ2n) is 6.19. The normalized spacial score (nSPS) is 20.9. The maximum atomic E-state index is 12.0. The minimum Gasteiger partial charge on any atom is -0.393 e. The van der Waals surface area contributed by atoms with E-state index in [1.165, 1.54) is 0 Å². The van der Waals surface area contributed by atoms with Gasteiger partial charge in [0, 0.05) is 25.4 Å².